The van der Waals surface area contributed by atoms with Gasteiger partial charge in [0.1, 0.15) is 11.3 Å². The topological polar surface area (TPSA) is 28.7 Å². The van der Waals surface area contributed by atoms with Gasteiger partial charge in [0.25, 0.3) is 0 Å². The number of nitrogens with zero attached hydrogens (tertiary/aromatic N) is 2. The quantitative estimate of drug-likeness (QED) is 0.495. The fourth-order valence-electron chi connectivity index (χ4n) is 3.20. The summed E-state index contributed by atoms with van der Waals surface area (Å²) < 4.78 is 6.25. The first-order valence-electron chi connectivity index (χ1n) is 8.33. The summed E-state index contributed by atoms with van der Waals surface area (Å²) in [7, 11) is 5.87. The van der Waals surface area contributed by atoms with E-state index in [1.54, 1.807) is 7.05 Å². The Bertz CT molecular complexity index is 1080. The average Bonchev–Trinajstić information content (AvgIpc) is 2.65. The lowest BCUT2D eigenvalue weighted by Gasteiger charge is -2.18. The molecule has 3 nitrogen and oxygen atoms in total. The summed E-state index contributed by atoms with van der Waals surface area (Å²) in [5, 5.41) is 2.03. The molecule has 0 bridgehead atoms. The van der Waals surface area contributed by atoms with Crippen molar-refractivity contribution in [3.63, 3.8) is 0 Å². The van der Waals surface area contributed by atoms with Crippen LogP contribution in [-0.2, 0) is 0 Å². The summed E-state index contributed by atoms with van der Waals surface area (Å²) in [5.41, 5.74) is 5.48. The van der Waals surface area contributed by atoms with E-state index in [1.807, 2.05) is 32.3 Å². The second-order valence-electron chi connectivity index (χ2n) is 6.32. The van der Waals surface area contributed by atoms with E-state index in [1.165, 1.54) is 11.1 Å². The second-order valence-corrected chi connectivity index (χ2v) is 6.32. The summed E-state index contributed by atoms with van der Waals surface area (Å²) in [6, 6.07) is 23.0. The van der Waals surface area contributed by atoms with Crippen LogP contribution in [0.1, 0.15) is 0 Å². The first kappa shape index (κ1) is 15.5. The number of rotatable bonds is 2. The van der Waals surface area contributed by atoms with E-state index in [0.717, 1.165) is 33.3 Å². The number of fused-ring (bicyclic) bond motifs is 2. The Morgan fingerprint density at radius 2 is 1.68 bits per heavy atom. The molecule has 0 atom stereocenters. The van der Waals surface area contributed by atoms with Gasteiger partial charge < -0.3 is 9.32 Å². The molecule has 0 fully saturated rings. The Balaban J connectivity index is 2.15. The first-order chi connectivity index (χ1) is 12.2. The number of benzene rings is 3. The van der Waals surface area contributed by atoms with Gasteiger partial charge in [-0.1, -0.05) is 30.3 Å². The van der Waals surface area contributed by atoms with Crippen LogP contribution in [0.25, 0.3) is 33.4 Å². The zero-order valence-electron chi connectivity index (χ0n) is 14.7. The highest BCUT2D eigenvalue weighted by molar-refractivity contribution is 6.02. The largest absolute Gasteiger partial charge is 0.456 e. The summed E-state index contributed by atoms with van der Waals surface area (Å²) >= 11 is 0. The molecule has 124 valence electrons. The highest BCUT2D eigenvalue weighted by Crippen LogP contribution is 2.40. The van der Waals surface area contributed by atoms with Gasteiger partial charge in [0.05, 0.1) is 5.36 Å². The van der Waals surface area contributed by atoms with Gasteiger partial charge in [-0.25, -0.2) is 0 Å². The molecule has 0 radical (unpaired) electrons. The van der Waals surface area contributed by atoms with Crippen LogP contribution >= 0.6 is 0 Å². The van der Waals surface area contributed by atoms with E-state index >= 15 is 0 Å². The molecule has 0 N–H and O–H groups in total. The normalized spacial score (nSPS) is 12.0. The molecule has 0 unspecified atom stereocenters. The van der Waals surface area contributed by atoms with Crippen molar-refractivity contribution in [3.8, 4) is 22.5 Å². The lowest BCUT2D eigenvalue weighted by molar-refractivity contribution is 0.619. The molecule has 4 rings (SSSR count). The monoisotopic (exact) mass is 328 g/mol. The fourth-order valence-corrected chi connectivity index (χ4v) is 3.20. The van der Waals surface area contributed by atoms with Crippen LogP contribution < -0.4 is 10.3 Å². The molecule has 0 spiro atoms. The molecule has 0 saturated carbocycles. The lowest BCUT2D eigenvalue weighted by Crippen LogP contribution is -2.08. The SMILES string of the molecule is CN=c1ccc2c(-c3ccccc3)c3ccc(N(C)C)cc3oc-2c1. The van der Waals surface area contributed by atoms with Crippen molar-refractivity contribution in [2.75, 3.05) is 26.0 Å². The molecule has 0 aromatic heterocycles. The Kier molecular flexibility index (Phi) is 3.77. The van der Waals surface area contributed by atoms with Gasteiger partial charge in [-0.05, 0) is 29.8 Å². The van der Waals surface area contributed by atoms with Crippen LogP contribution in [0.4, 0.5) is 5.69 Å². The summed E-state index contributed by atoms with van der Waals surface area (Å²) in [6.07, 6.45) is 0. The van der Waals surface area contributed by atoms with Gasteiger partial charge in [-0.3, -0.25) is 4.99 Å². The minimum absolute atomic E-state index is 0.852. The predicted octanol–water partition coefficient (Wildman–Crippen LogP) is 4.80. The van der Waals surface area contributed by atoms with E-state index in [0.29, 0.717) is 0 Å². The van der Waals surface area contributed by atoms with Crippen LogP contribution in [0.3, 0.4) is 0 Å². The maximum Gasteiger partial charge on any atom is 0.137 e. The van der Waals surface area contributed by atoms with Crippen molar-refractivity contribution >= 4 is 16.7 Å². The summed E-state index contributed by atoms with van der Waals surface area (Å²) in [5.74, 6) is 0.852. The highest BCUT2D eigenvalue weighted by atomic mass is 16.3. The minimum Gasteiger partial charge on any atom is -0.456 e. The number of anilines is 1. The Morgan fingerprint density at radius 1 is 0.880 bits per heavy atom. The smallest absolute Gasteiger partial charge is 0.137 e. The molecule has 0 saturated heterocycles. The van der Waals surface area contributed by atoms with Crippen molar-refractivity contribution in [3.05, 3.63) is 72.1 Å². The van der Waals surface area contributed by atoms with Gasteiger partial charge in [-0.2, -0.15) is 0 Å². The van der Waals surface area contributed by atoms with E-state index in [-0.39, 0.29) is 0 Å². The van der Waals surface area contributed by atoms with E-state index in [9.17, 15) is 0 Å². The third-order valence-electron chi connectivity index (χ3n) is 4.53. The minimum atomic E-state index is 0.852. The molecule has 25 heavy (non-hydrogen) atoms. The number of hydrogen-bond acceptors (Lipinski definition) is 3. The number of hydrogen-bond donors (Lipinski definition) is 0. The maximum absolute atomic E-state index is 6.25. The first-order valence-corrected chi connectivity index (χ1v) is 8.33. The highest BCUT2D eigenvalue weighted by Gasteiger charge is 2.17. The van der Waals surface area contributed by atoms with Gasteiger partial charge in [0.2, 0.25) is 0 Å². The van der Waals surface area contributed by atoms with Crippen LogP contribution in [0.15, 0.2) is 76.1 Å². The standard InChI is InChI=1S/C22H20N2O/c1-23-16-9-11-18-20(13-16)25-21-14-17(24(2)3)10-12-19(21)22(18)15-7-5-4-6-8-15/h4-14H,1-3H3. The summed E-state index contributed by atoms with van der Waals surface area (Å²) in [6.45, 7) is 0. The molecule has 3 heteroatoms. The van der Waals surface area contributed by atoms with Crippen molar-refractivity contribution in [2.24, 2.45) is 4.99 Å². The van der Waals surface area contributed by atoms with Gasteiger partial charge in [-0.15, -0.1) is 0 Å². The van der Waals surface area contributed by atoms with Crippen molar-refractivity contribution in [1.29, 1.82) is 0 Å². The molecule has 2 aromatic carbocycles. The molecule has 0 amide bonds. The molecule has 1 aliphatic heterocycles. The van der Waals surface area contributed by atoms with Gasteiger partial charge in [0.15, 0.2) is 0 Å². The predicted molar refractivity (Wildman–Crippen MR) is 104 cm³/mol. The molecule has 1 heterocycles. The van der Waals surface area contributed by atoms with Crippen molar-refractivity contribution in [1.82, 2.24) is 0 Å². The molecule has 2 aromatic rings. The third kappa shape index (κ3) is 2.68. The van der Waals surface area contributed by atoms with Crippen LogP contribution in [0.5, 0.6) is 0 Å². The molecule has 2 aliphatic rings. The molecule has 1 aliphatic carbocycles. The maximum atomic E-state index is 6.25. The Hall–Kier alpha value is -3.07. The van der Waals surface area contributed by atoms with Crippen LogP contribution in [-0.4, -0.2) is 21.1 Å². The summed E-state index contributed by atoms with van der Waals surface area (Å²) in [4.78, 5) is 6.36. The molecular weight excluding hydrogens is 308 g/mol. The Morgan fingerprint density at radius 3 is 2.40 bits per heavy atom. The molecular formula is C22H20N2O. The van der Waals surface area contributed by atoms with Crippen LogP contribution in [0.2, 0.25) is 0 Å². The van der Waals surface area contributed by atoms with E-state index in [4.69, 9.17) is 4.42 Å². The van der Waals surface area contributed by atoms with Crippen molar-refractivity contribution in [2.45, 2.75) is 0 Å². The van der Waals surface area contributed by atoms with Gasteiger partial charge in [0, 0.05) is 55.5 Å². The third-order valence-corrected chi connectivity index (χ3v) is 4.53. The second kappa shape index (κ2) is 6.10. The van der Waals surface area contributed by atoms with E-state index < -0.39 is 0 Å². The zero-order valence-corrected chi connectivity index (χ0v) is 14.7. The van der Waals surface area contributed by atoms with Crippen LogP contribution in [0, 0.1) is 0 Å². The van der Waals surface area contributed by atoms with Crippen molar-refractivity contribution < 1.29 is 4.42 Å². The zero-order chi connectivity index (χ0) is 17.4. The fraction of sp³-hybridized carbons (Fsp3) is 0.136. The van der Waals surface area contributed by atoms with Gasteiger partial charge >= 0.3 is 0 Å². The lowest BCUT2D eigenvalue weighted by atomic mass is 9.93. The Labute approximate surface area is 147 Å². The average molecular weight is 328 g/mol. The van der Waals surface area contributed by atoms with E-state index in [2.05, 4.69) is 58.4 Å².